The maximum Gasteiger partial charge on any atom is 0.161 e. The molecule has 1 aliphatic carbocycles. The van der Waals surface area contributed by atoms with Crippen molar-refractivity contribution in [3.8, 4) is 11.5 Å². The Labute approximate surface area is 107 Å². The molecule has 0 heterocycles. The zero-order valence-corrected chi connectivity index (χ0v) is 10.7. The Morgan fingerprint density at radius 2 is 2.11 bits per heavy atom. The zero-order valence-electron chi connectivity index (χ0n) is 10.7. The third-order valence-electron chi connectivity index (χ3n) is 2.81. The van der Waals surface area contributed by atoms with E-state index < -0.39 is 6.67 Å². The number of rotatable bonds is 8. The Kier molecular flexibility index (Phi) is 4.81. The largest absolute Gasteiger partial charge is 0.490 e. The summed E-state index contributed by atoms with van der Waals surface area (Å²) in [5.74, 6) is 1.31. The standard InChI is InChI=1S/C14H20FNO2/c1-2-17-14-9-11(10-16-12-4-5-12)3-6-13(14)18-8-7-15/h3,6,9,12,16H,2,4-5,7-8,10H2,1H3. The van der Waals surface area contributed by atoms with Crippen LogP contribution < -0.4 is 14.8 Å². The molecule has 0 saturated heterocycles. The second-order valence-electron chi connectivity index (χ2n) is 4.41. The molecule has 2 rings (SSSR count). The van der Waals surface area contributed by atoms with Crippen LogP contribution in [0.15, 0.2) is 18.2 Å². The molecule has 0 bridgehead atoms. The third kappa shape index (κ3) is 3.88. The van der Waals surface area contributed by atoms with E-state index in [1.807, 2.05) is 25.1 Å². The molecule has 0 aromatic heterocycles. The Hall–Kier alpha value is -1.29. The van der Waals surface area contributed by atoms with Crippen LogP contribution in [0.2, 0.25) is 0 Å². The van der Waals surface area contributed by atoms with Crippen LogP contribution in [0.4, 0.5) is 4.39 Å². The van der Waals surface area contributed by atoms with E-state index in [1.165, 1.54) is 12.8 Å². The fourth-order valence-corrected chi connectivity index (χ4v) is 1.75. The Morgan fingerprint density at radius 3 is 2.78 bits per heavy atom. The van der Waals surface area contributed by atoms with Crippen LogP contribution in [0.1, 0.15) is 25.3 Å². The van der Waals surface area contributed by atoms with Crippen LogP contribution in [0.3, 0.4) is 0 Å². The van der Waals surface area contributed by atoms with Crippen LogP contribution in [-0.4, -0.2) is 25.9 Å². The normalized spacial score (nSPS) is 14.6. The first-order valence-corrected chi connectivity index (χ1v) is 6.51. The van der Waals surface area contributed by atoms with Gasteiger partial charge in [0.25, 0.3) is 0 Å². The lowest BCUT2D eigenvalue weighted by atomic mass is 10.2. The molecule has 18 heavy (non-hydrogen) atoms. The SMILES string of the molecule is CCOc1cc(CNC2CC2)ccc1OCCF. The summed E-state index contributed by atoms with van der Waals surface area (Å²) in [6.07, 6.45) is 2.55. The van der Waals surface area contributed by atoms with Crippen LogP contribution in [0.25, 0.3) is 0 Å². The van der Waals surface area contributed by atoms with E-state index >= 15 is 0 Å². The molecular weight excluding hydrogens is 233 g/mol. The summed E-state index contributed by atoms with van der Waals surface area (Å²) in [4.78, 5) is 0. The summed E-state index contributed by atoms with van der Waals surface area (Å²) in [6.45, 7) is 2.92. The zero-order chi connectivity index (χ0) is 12.8. The highest BCUT2D eigenvalue weighted by Gasteiger charge is 2.20. The topological polar surface area (TPSA) is 30.5 Å². The van der Waals surface area contributed by atoms with E-state index in [1.54, 1.807) is 0 Å². The van der Waals surface area contributed by atoms with Crippen LogP contribution in [-0.2, 0) is 6.54 Å². The van der Waals surface area contributed by atoms with Gasteiger partial charge in [0.15, 0.2) is 11.5 Å². The van der Waals surface area contributed by atoms with Gasteiger partial charge in [0.05, 0.1) is 6.61 Å². The molecule has 1 saturated carbocycles. The summed E-state index contributed by atoms with van der Waals surface area (Å²) >= 11 is 0. The van der Waals surface area contributed by atoms with Gasteiger partial charge in [-0.1, -0.05) is 6.07 Å². The fraction of sp³-hybridized carbons (Fsp3) is 0.571. The summed E-state index contributed by atoms with van der Waals surface area (Å²) in [6, 6.07) is 6.49. The van der Waals surface area contributed by atoms with Crippen molar-refractivity contribution >= 4 is 0 Å². The van der Waals surface area contributed by atoms with Gasteiger partial charge in [-0.05, 0) is 37.5 Å². The van der Waals surface area contributed by atoms with Crippen molar-refractivity contribution in [2.45, 2.75) is 32.4 Å². The van der Waals surface area contributed by atoms with Gasteiger partial charge in [-0.3, -0.25) is 0 Å². The van der Waals surface area contributed by atoms with Crippen molar-refractivity contribution in [2.24, 2.45) is 0 Å². The molecule has 1 aromatic carbocycles. The quantitative estimate of drug-likeness (QED) is 0.772. The molecule has 100 valence electrons. The summed E-state index contributed by atoms with van der Waals surface area (Å²) < 4.78 is 22.9. The van der Waals surface area contributed by atoms with Crippen LogP contribution in [0.5, 0.6) is 11.5 Å². The van der Waals surface area contributed by atoms with Crippen molar-refractivity contribution in [2.75, 3.05) is 19.9 Å². The minimum absolute atomic E-state index is 0.0692. The Bertz CT molecular complexity index is 380. The Morgan fingerprint density at radius 1 is 1.28 bits per heavy atom. The monoisotopic (exact) mass is 253 g/mol. The van der Waals surface area contributed by atoms with Gasteiger partial charge in [-0.2, -0.15) is 0 Å². The van der Waals surface area contributed by atoms with Gasteiger partial charge < -0.3 is 14.8 Å². The second kappa shape index (κ2) is 6.59. The van der Waals surface area contributed by atoms with E-state index in [4.69, 9.17) is 9.47 Å². The molecule has 0 amide bonds. The smallest absolute Gasteiger partial charge is 0.161 e. The first-order valence-electron chi connectivity index (χ1n) is 6.51. The minimum Gasteiger partial charge on any atom is -0.490 e. The lowest BCUT2D eigenvalue weighted by Gasteiger charge is -2.13. The number of nitrogens with one attached hydrogen (secondary N) is 1. The Balaban J connectivity index is 2.00. The first-order chi connectivity index (χ1) is 8.83. The maximum absolute atomic E-state index is 12.1. The van der Waals surface area contributed by atoms with E-state index in [9.17, 15) is 4.39 Å². The average Bonchev–Trinajstić information content (AvgIpc) is 3.20. The lowest BCUT2D eigenvalue weighted by Crippen LogP contribution is -2.15. The highest BCUT2D eigenvalue weighted by molar-refractivity contribution is 5.43. The molecule has 0 aliphatic heterocycles. The van der Waals surface area contributed by atoms with Crippen molar-refractivity contribution in [3.63, 3.8) is 0 Å². The maximum atomic E-state index is 12.1. The molecule has 0 unspecified atom stereocenters. The van der Waals surface area contributed by atoms with Crippen LogP contribution >= 0.6 is 0 Å². The number of alkyl halides is 1. The number of ether oxygens (including phenoxy) is 2. The number of hydrogen-bond donors (Lipinski definition) is 1. The van der Waals surface area contributed by atoms with Crippen LogP contribution in [0, 0.1) is 0 Å². The van der Waals surface area contributed by atoms with Crippen molar-refractivity contribution in [3.05, 3.63) is 23.8 Å². The molecule has 1 fully saturated rings. The average molecular weight is 253 g/mol. The van der Waals surface area contributed by atoms with E-state index in [0.717, 1.165) is 12.1 Å². The summed E-state index contributed by atoms with van der Waals surface area (Å²) in [5, 5.41) is 3.45. The lowest BCUT2D eigenvalue weighted by molar-refractivity contribution is 0.251. The van der Waals surface area contributed by atoms with Crippen molar-refractivity contribution in [1.29, 1.82) is 0 Å². The molecule has 1 N–H and O–H groups in total. The molecule has 0 atom stereocenters. The summed E-state index contributed by atoms with van der Waals surface area (Å²) in [7, 11) is 0. The van der Waals surface area contributed by atoms with Gasteiger partial charge in [0.2, 0.25) is 0 Å². The van der Waals surface area contributed by atoms with Gasteiger partial charge in [0.1, 0.15) is 13.3 Å². The van der Waals surface area contributed by atoms with Crippen molar-refractivity contribution < 1.29 is 13.9 Å². The molecule has 3 nitrogen and oxygen atoms in total. The minimum atomic E-state index is -0.490. The van der Waals surface area contributed by atoms with Crippen molar-refractivity contribution in [1.82, 2.24) is 5.32 Å². The molecule has 1 aromatic rings. The second-order valence-corrected chi connectivity index (χ2v) is 4.41. The highest BCUT2D eigenvalue weighted by Crippen LogP contribution is 2.29. The fourth-order valence-electron chi connectivity index (χ4n) is 1.75. The first kappa shape index (κ1) is 13.1. The summed E-state index contributed by atoms with van der Waals surface area (Å²) in [5.41, 5.74) is 1.16. The van der Waals surface area contributed by atoms with E-state index in [2.05, 4.69) is 5.32 Å². The molecule has 1 aliphatic rings. The predicted molar refractivity (Wildman–Crippen MR) is 68.9 cm³/mol. The molecule has 4 heteroatoms. The predicted octanol–water partition coefficient (Wildman–Crippen LogP) is 2.69. The van der Waals surface area contributed by atoms with Gasteiger partial charge in [-0.25, -0.2) is 4.39 Å². The molecule has 0 radical (unpaired) electrons. The van der Waals surface area contributed by atoms with Gasteiger partial charge in [-0.15, -0.1) is 0 Å². The number of hydrogen-bond acceptors (Lipinski definition) is 3. The number of benzene rings is 1. The highest BCUT2D eigenvalue weighted by atomic mass is 19.1. The van der Waals surface area contributed by atoms with E-state index in [0.29, 0.717) is 24.1 Å². The molecular formula is C14H20FNO2. The van der Waals surface area contributed by atoms with Gasteiger partial charge >= 0.3 is 0 Å². The van der Waals surface area contributed by atoms with Gasteiger partial charge in [0, 0.05) is 12.6 Å². The van der Waals surface area contributed by atoms with E-state index in [-0.39, 0.29) is 6.61 Å². The molecule has 0 spiro atoms. The number of halogens is 1. The third-order valence-corrected chi connectivity index (χ3v) is 2.81.